The fourth-order valence-corrected chi connectivity index (χ4v) is 2.47. The van der Waals surface area contributed by atoms with Crippen molar-refractivity contribution in [2.75, 3.05) is 6.61 Å². The SMILES string of the molecule is N#C[C@H](c1ccccc1)[C@H](CCO)c1cc(Cl)ccn1. The Bertz CT molecular complexity index is 595. The number of hydrogen-bond acceptors (Lipinski definition) is 3. The Balaban J connectivity index is 2.39. The Morgan fingerprint density at radius 1 is 1.25 bits per heavy atom. The zero-order valence-corrected chi connectivity index (χ0v) is 11.7. The van der Waals surface area contributed by atoms with E-state index in [0.29, 0.717) is 11.4 Å². The first-order valence-electron chi connectivity index (χ1n) is 6.43. The summed E-state index contributed by atoms with van der Waals surface area (Å²) in [5, 5.41) is 19.4. The average Bonchev–Trinajstić information content (AvgIpc) is 2.48. The Morgan fingerprint density at radius 2 is 2.00 bits per heavy atom. The van der Waals surface area contributed by atoms with Crippen LogP contribution in [0, 0.1) is 11.3 Å². The van der Waals surface area contributed by atoms with Crippen LogP contribution in [0.25, 0.3) is 0 Å². The second kappa shape index (κ2) is 7.04. The molecule has 0 unspecified atom stereocenters. The molecule has 102 valence electrons. The molecule has 0 amide bonds. The first kappa shape index (κ1) is 14.5. The summed E-state index contributed by atoms with van der Waals surface area (Å²) in [6, 6.07) is 15.3. The fraction of sp³-hybridized carbons (Fsp3) is 0.250. The maximum absolute atomic E-state index is 9.51. The van der Waals surface area contributed by atoms with Crippen molar-refractivity contribution in [3.8, 4) is 6.07 Å². The second-order valence-electron chi connectivity index (χ2n) is 4.54. The van der Waals surface area contributed by atoms with Crippen molar-refractivity contribution in [2.45, 2.75) is 18.3 Å². The van der Waals surface area contributed by atoms with E-state index in [1.165, 1.54) is 0 Å². The van der Waals surface area contributed by atoms with Crippen molar-refractivity contribution in [1.29, 1.82) is 5.26 Å². The van der Waals surface area contributed by atoms with Gasteiger partial charge < -0.3 is 5.11 Å². The first-order valence-corrected chi connectivity index (χ1v) is 6.81. The zero-order chi connectivity index (χ0) is 14.4. The summed E-state index contributed by atoms with van der Waals surface area (Å²) < 4.78 is 0. The average molecular weight is 287 g/mol. The van der Waals surface area contributed by atoms with E-state index >= 15 is 0 Å². The third-order valence-corrected chi connectivity index (χ3v) is 3.50. The molecule has 0 aliphatic rings. The molecule has 2 atom stereocenters. The lowest BCUT2D eigenvalue weighted by atomic mass is 9.82. The molecule has 1 N–H and O–H groups in total. The predicted molar refractivity (Wildman–Crippen MR) is 78.5 cm³/mol. The number of aliphatic hydroxyl groups excluding tert-OH is 1. The maximum Gasteiger partial charge on any atom is 0.0797 e. The molecule has 1 aromatic heterocycles. The van der Waals surface area contributed by atoms with Gasteiger partial charge in [-0.1, -0.05) is 41.9 Å². The largest absolute Gasteiger partial charge is 0.396 e. The highest BCUT2D eigenvalue weighted by atomic mass is 35.5. The van der Waals surface area contributed by atoms with E-state index in [1.54, 1.807) is 18.3 Å². The molecule has 3 nitrogen and oxygen atoms in total. The minimum absolute atomic E-state index is 0.00384. The standard InChI is InChI=1S/C16H15ClN2O/c17-13-6-8-19-16(10-13)14(7-9-20)15(11-18)12-4-2-1-3-5-12/h1-6,8,10,14-15,20H,7,9H2/t14-,15+/m0/s1. The molecular weight excluding hydrogens is 272 g/mol. The van der Waals surface area contributed by atoms with Gasteiger partial charge in [-0.2, -0.15) is 5.26 Å². The van der Waals surface area contributed by atoms with Crippen LogP contribution in [0.5, 0.6) is 0 Å². The van der Waals surface area contributed by atoms with Gasteiger partial charge in [0.25, 0.3) is 0 Å². The molecule has 0 saturated heterocycles. The molecule has 0 saturated carbocycles. The van der Waals surface area contributed by atoms with Crippen LogP contribution in [0.4, 0.5) is 0 Å². The number of nitrogens with zero attached hydrogens (tertiary/aromatic N) is 2. The van der Waals surface area contributed by atoms with Gasteiger partial charge in [-0.3, -0.25) is 4.98 Å². The van der Waals surface area contributed by atoms with Crippen LogP contribution in [-0.4, -0.2) is 16.7 Å². The number of pyridine rings is 1. The van der Waals surface area contributed by atoms with E-state index in [0.717, 1.165) is 11.3 Å². The van der Waals surface area contributed by atoms with Gasteiger partial charge in [0, 0.05) is 29.4 Å². The number of aliphatic hydroxyl groups is 1. The summed E-state index contributed by atoms with van der Waals surface area (Å²) in [7, 11) is 0. The third-order valence-electron chi connectivity index (χ3n) is 3.26. The van der Waals surface area contributed by atoms with Crippen LogP contribution in [0.2, 0.25) is 5.02 Å². The van der Waals surface area contributed by atoms with E-state index in [2.05, 4.69) is 11.1 Å². The van der Waals surface area contributed by atoms with Crippen LogP contribution in [0.1, 0.15) is 29.5 Å². The van der Waals surface area contributed by atoms with Gasteiger partial charge in [0.15, 0.2) is 0 Å². The van der Waals surface area contributed by atoms with Crippen LogP contribution in [0.3, 0.4) is 0 Å². The highest BCUT2D eigenvalue weighted by Crippen LogP contribution is 2.34. The van der Waals surface area contributed by atoms with Gasteiger partial charge in [0.2, 0.25) is 0 Å². The van der Waals surface area contributed by atoms with E-state index in [9.17, 15) is 10.4 Å². The van der Waals surface area contributed by atoms with Gasteiger partial charge in [0.05, 0.1) is 12.0 Å². The molecular formula is C16H15ClN2O. The van der Waals surface area contributed by atoms with Crippen LogP contribution in [0.15, 0.2) is 48.7 Å². The third kappa shape index (κ3) is 3.36. The van der Waals surface area contributed by atoms with E-state index in [1.807, 2.05) is 30.3 Å². The van der Waals surface area contributed by atoms with E-state index < -0.39 is 0 Å². The molecule has 0 aliphatic heterocycles. The van der Waals surface area contributed by atoms with Crippen LogP contribution in [-0.2, 0) is 0 Å². The normalized spacial score (nSPS) is 13.4. The van der Waals surface area contributed by atoms with Gasteiger partial charge in [-0.15, -0.1) is 0 Å². The molecule has 2 aromatic rings. The minimum Gasteiger partial charge on any atom is -0.396 e. The molecule has 4 heteroatoms. The van der Waals surface area contributed by atoms with Gasteiger partial charge >= 0.3 is 0 Å². The van der Waals surface area contributed by atoms with Crippen LogP contribution < -0.4 is 0 Å². The minimum atomic E-state index is -0.352. The number of hydrogen-bond donors (Lipinski definition) is 1. The zero-order valence-electron chi connectivity index (χ0n) is 10.9. The Morgan fingerprint density at radius 3 is 2.60 bits per heavy atom. The Hall–Kier alpha value is -1.89. The Kier molecular flexibility index (Phi) is 5.11. The molecule has 1 aromatic carbocycles. The second-order valence-corrected chi connectivity index (χ2v) is 4.97. The smallest absolute Gasteiger partial charge is 0.0797 e. The van der Waals surface area contributed by atoms with Crippen molar-refractivity contribution in [2.24, 2.45) is 0 Å². The van der Waals surface area contributed by atoms with E-state index in [-0.39, 0.29) is 18.4 Å². The maximum atomic E-state index is 9.51. The summed E-state index contributed by atoms with van der Waals surface area (Å²) in [4.78, 5) is 4.31. The predicted octanol–water partition coefficient (Wildman–Crippen LogP) is 3.51. The van der Waals surface area contributed by atoms with Crippen molar-refractivity contribution >= 4 is 11.6 Å². The van der Waals surface area contributed by atoms with Gasteiger partial charge in [0.1, 0.15) is 0 Å². The number of benzene rings is 1. The van der Waals surface area contributed by atoms with Crippen molar-refractivity contribution in [1.82, 2.24) is 4.98 Å². The summed E-state index contributed by atoms with van der Waals surface area (Å²) >= 11 is 6.00. The molecule has 1 heterocycles. The van der Waals surface area contributed by atoms with Gasteiger partial charge in [-0.05, 0) is 24.1 Å². The quantitative estimate of drug-likeness (QED) is 0.915. The highest BCUT2D eigenvalue weighted by molar-refractivity contribution is 6.30. The number of nitriles is 1. The molecule has 0 bridgehead atoms. The Labute approximate surface area is 123 Å². The molecule has 0 radical (unpaired) electrons. The summed E-state index contributed by atoms with van der Waals surface area (Å²) in [6.45, 7) is 0.00384. The fourth-order valence-electron chi connectivity index (χ4n) is 2.31. The number of aromatic nitrogens is 1. The lowest BCUT2D eigenvalue weighted by Gasteiger charge is -2.21. The van der Waals surface area contributed by atoms with E-state index in [4.69, 9.17) is 11.6 Å². The van der Waals surface area contributed by atoms with Crippen LogP contribution >= 0.6 is 11.6 Å². The lowest BCUT2D eigenvalue weighted by Crippen LogP contribution is -2.13. The van der Waals surface area contributed by atoms with Crippen molar-refractivity contribution in [3.05, 3.63) is 64.9 Å². The number of halogens is 1. The summed E-state index contributed by atoms with van der Waals surface area (Å²) in [5.74, 6) is -0.527. The first-order chi connectivity index (χ1) is 9.76. The molecule has 0 spiro atoms. The molecule has 0 aliphatic carbocycles. The van der Waals surface area contributed by atoms with Gasteiger partial charge in [-0.25, -0.2) is 0 Å². The lowest BCUT2D eigenvalue weighted by molar-refractivity contribution is 0.271. The molecule has 20 heavy (non-hydrogen) atoms. The molecule has 0 fully saturated rings. The van der Waals surface area contributed by atoms with Crippen molar-refractivity contribution < 1.29 is 5.11 Å². The summed E-state index contributed by atoms with van der Waals surface area (Å²) in [5.41, 5.74) is 1.66. The highest BCUT2D eigenvalue weighted by Gasteiger charge is 2.25. The summed E-state index contributed by atoms with van der Waals surface area (Å²) in [6.07, 6.45) is 2.10. The van der Waals surface area contributed by atoms with Crippen molar-refractivity contribution in [3.63, 3.8) is 0 Å². The molecule has 2 rings (SSSR count). The number of rotatable bonds is 5. The monoisotopic (exact) mass is 286 g/mol. The topological polar surface area (TPSA) is 56.9 Å².